The maximum atomic E-state index is 12.4. The molecule has 27 heavy (non-hydrogen) atoms. The van der Waals surface area contributed by atoms with Gasteiger partial charge in [-0.15, -0.1) is 10.2 Å². The fraction of sp³-hybridized carbons (Fsp3) is 0.250. The highest BCUT2D eigenvalue weighted by Crippen LogP contribution is 2.25. The summed E-state index contributed by atoms with van der Waals surface area (Å²) < 4.78 is 7.12. The summed E-state index contributed by atoms with van der Waals surface area (Å²) >= 11 is 1.38. The SMILES string of the molecule is COc1cccc(-n2cnnc2SC(C)C(=O)NCCc2ccccc2)c1. The Morgan fingerprint density at radius 3 is 2.81 bits per heavy atom. The van der Waals surface area contributed by atoms with Crippen molar-refractivity contribution in [2.75, 3.05) is 13.7 Å². The average molecular weight is 382 g/mol. The molecule has 2 aromatic carbocycles. The van der Waals surface area contributed by atoms with Crippen LogP contribution in [0, 0.1) is 0 Å². The number of thioether (sulfide) groups is 1. The van der Waals surface area contributed by atoms with Crippen molar-refractivity contribution in [3.63, 3.8) is 0 Å². The molecule has 1 aromatic heterocycles. The third kappa shape index (κ3) is 5.10. The highest BCUT2D eigenvalue weighted by Gasteiger charge is 2.18. The van der Waals surface area contributed by atoms with Gasteiger partial charge in [0, 0.05) is 12.6 Å². The standard InChI is InChI=1S/C20H22N4O2S/c1-15(19(25)21-12-11-16-7-4-3-5-8-16)27-20-23-22-14-24(20)17-9-6-10-18(13-17)26-2/h3-10,13-15H,11-12H2,1-2H3,(H,21,25). The number of rotatable bonds is 8. The number of carbonyl (C=O) groups is 1. The number of nitrogens with one attached hydrogen (secondary N) is 1. The third-order valence-electron chi connectivity index (χ3n) is 4.06. The number of benzene rings is 2. The molecule has 0 aliphatic heterocycles. The van der Waals surface area contributed by atoms with E-state index in [-0.39, 0.29) is 11.2 Å². The molecule has 140 valence electrons. The van der Waals surface area contributed by atoms with Crippen molar-refractivity contribution in [2.24, 2.45) is 0 Å². The second kappa shape index (κ2) is 9.23. The van der Waals surface area contributed by atoms with Gasteiger partial charge in [-0.2, -0.15) is 0 Å². The Labute approximate surface area is 163 Å². The van der Waals surface area contributed by atoms with Gasteiger partial charge in [0.1, 0.15) is 12.1 Å². The Morgan fingerprint density at radius 2 is 2.04 bits per heavy atom. The number of carbonyl (C=O) groups excluding carboxylic acids is 1. The number of hydrogen-bond donors (Lipinski definition) is 1. The Hall–Kier alpha value is -2.80. The molecule has 1 unspecified atom stereocenters. The zero-order chi connectivity index (χ0) is 19.1. The van der Waals surface area contributed by atoms with Crippen molar-refractivity contribution in [2.45, 2.75) is 23.8 Å². The van der Waals surface area contributed by atoms with Crippen molar-refractivity contribution < 1.29 is 9.53 Å². The van der Waals surface area contributed by atoms with Gasteiger partial charge in [-0.05, 0) is 31.0 Å². The van der Waals surface area contributed by atoms with Gasteiger partial charge < -0.3 is 10.1 Å². The maximum absolute atomic E-state index is 12.4. The summed E-state index contributed by atoms with van der Waals surface area (Å²) in [5.74, 6) is 0.736. The lowest BCUT2D eigenvalue weighted by molar-refractivity contribution is -0.120. The Morgan fingerprint density at radius 1 is 1.22 bits per heavy atom. The van der Waals surface area contributed by atoms with Gasteiger partial charge in [-0.1, -0.05) is 48.2 Å². The van der Waals surface area contributed by atoms with E-state index in [0.717, 1.165) is 17.9 Å². The molecule has 6 nitrogen and oxygen atoms in total. The van der Waals surface area contributed by atoms with Gasteiger partial charge in [0.2, 0.25) is 5.91 Å². The van der Waals surface area contributed by atoms with Crippen LogP contribution in [0.3, 0.4) is 0 Å². The second-order valence-corrected chi connectivity index (χ2v) is 7.28. The lowest BCUT2D eigenvalue weighted by Gasteiger charge is -2.13. The maximum Gasteiger partial charge on any atom is 0.233 e. The quantitative estimate of drug-likeness (QED) is 0.606. The molecular formula is C20H22N4O2S. The predicted molar refractivity (Wildman–Crippen MR) is 106 cm³/mol. The van der Waals surface area contributed by atoms with Gasteiger partial charge in [0.25, 0.3) is 0 Å². The van der Waals surface area contributed by atoms with Crippen molar-refractivity contribution >= 4 is 17.7 Å². The van der Waals surface area contributed by atoms with Crippen LogP contribution < -0.4 is 10.1 Å². The van der Waals surface area contributed by atoms with Crippen LogP contribution in [0.25, 0.3) is 5.69 Å². The molecule has 0 spiro atoms. The number of nitrogens with zero attached hydrogens (tertiary/aromatic N) is 3. The molecule has 3 aromatic rings. The first-order valence-electron chi connectivity index (χ1n) is 8.70. The molecular weight excluding hydrogens is 360 g/mol. The fourth-order valence-corrected chi connectivity index (χ4v) is 3.44. The first-order chi connectivity index (χ1) is 13.2. The zero-order valence-electron chi connectivity index (χ0n) is 15.3. The average Bonchev–Trinajstić information content (AvgIpc) is 3.17. The third-order valence-corrected chi connectivity index (χ3v) is 5.11. The minimum Gasteiger partial charge on any atom is -0.497 e. The summed E-state index contributed by atoms with van der Waals surface area (Å²) in [7, 11) is 1.63. The summed E-state index contributed by atoms with van der Waals surface area (Å²) in [5, 5.41) is 11.5. The highest BCUT2D eigenvalue weighted by atomic mass is 32.2. The van der Waals surface area contributed by atoms with Gasteiger partial charge in [-0.25, -0.2) is 0 Å². The van der Waals surface area contributed by atoms with Crippen molar-refractivity contribution in [3.05, 3.63) is 66.5 Å². The summed E-state index contributed by atoms with van der Waals surface area (Å²) in [4.78, 5) is 12.4. The van der Waals surface area contributed by atoms with Crippen LogP contribution in [0.15, 0.2) is 66.1 Å². The minimum atomic E-state index is -0.283. The summed E-state index contributed by atoms with van der Waals surface area (Å²) in [5.41, 5.74) is 2.09. The smallest absolute Gasteiger partial charge is 0.233 e. The number of amides is 1. The largest absolute Gasteiger partial charge is 0.497 e. The van der Waals surface area contributed by atoms with Gasteiger partial charge in [-0.3, -0.25) is 9.36 Å². The van der Waals surface area contributed by atoms with E-state index in [9.17, 15) is 4.79 Å². The molecule has 1 heterocycles. The molecule has 3 rings (SSSR count). The molecule has 0 bridgehead atoms. The van der Waals surface area contributed by atoms with Crippen molar-refractivity contribution in [3.8, 4) is 11.4 Å². The molecule has 0 fully saturated rings. The number of ether oxygens (including phenoxy) is 1. The first kappa shape index (κ1) is 19.0. The van der Waals surface area contributed by atoms with E-state index in [0.29, 0.717) is 11.7 Å². The van der Waals surface area contributed by atoms with Crippen LogP contribution in [-0.4, -0.2) is 39.6 Å². The van der Waals surface area contributed by atoms with Crippen molar-refractivity contribution in [1.29, 1.82) is 0 Å². The Kier molecular flexibility index (Phi) is 6.49. The molecule has 1 atom stereocenters. The van der Waals surface area contributed by atoms with E-state index in [1.807, 2.05) is 54.0 Å². The van der Waals surface area contributed by atoms with Gasteiger partial charge >= 0.3 is 0 Å². The zero-order valence-corrected chi connectivity index (χ0v) is 16.1. The lowest BCUT2D eigenvalue weighted by Crippen LogP contribution is -2.32. The first-order valence-corrected chi connectivity index (χ1v) is 9.58. The fourth-order valence-electron chi connectivity index (χ4n) is 2.57. The summed E-state index contributed by atoms with van der Waals surface area (Å²) in [6.45, 7) is 2.48. The highest BCUT2D eigenvalue weighted by molar-refractivity contribution is 8.00. The lowest BCUT2D eigenvalue weighted by atomic mass is 10.1. The van der Waals surface area contributed by atoms with Gasteiger partial charge in [0.05, 0.1) is 18.0 Å². The molecule has 0 saturated carbocycles. The number of aromatic nitrogens is 3. The van der Waals surface area contributed by atoms with Crippen LogP contribution in [0.1, 0.15) is 12.5 Å². The molecule has 1 N–H and O–H groups in total. The van der Waals surface area contributed by atoms with Gasteiger partial charge in [0.15, 0.2) is 5.16 Å². The molecule has 1 amide bonds. The van der Waals surface area contributed by atoms with E-state index < -0.39 is 0 Å². The van der Waals surface area contributed by atoms with Crippen LogP contribution in [0.5, 0.6) is 5.75 Å². The summed E-state index contributed by atoms with van der Waals surface area (Å²) in [6, 6.07) is 17.7. The van der Waals surface area contributed by atoms with E-state index in [4.69, 9.17) is 4.74 Å². The predicted octanol–water partition coefficient (Wildman–Crippen LogP) is 3.12. The van der Waals surface area contributed by atoms with E-state index in [2.05, 4.69) is 27.6 Å². The van der Waals surface area contributed by atoms with Crippen LogP contribution in [0.4, 0.5) is 0 Å². The normalized spacial score (nSPS) is 11.8. The van der Waals surface area contributed by atoms with Crippen LogP contribution >= 0.6 is 11.8 Å². The van der Waals surface area contributed by atoms with E-state index in [1.54, 1.807) is 13.4 Å². The Bertz CT molecular complexity index is 882. The second-order valence-electron chi connectivity index (χ2n) is 5.97. The van der Waals surface area contributed by atoms with Crippen molar-refractivity contribution in [1.82, 2.24) is 20.1 Å². The minimum absolute atomic E-state index is 0.0175. The number of methoxy groups -OCH3 is 1. The molecule has 0 saturated heterocycles. The molecule has 7 heteroatoms. The van der Waals surface area contributed by atoms with Crippen LogP contribution in [-0.2, 0) is 11.2 Å². The van der Waals surface area contributed by atoms with E-state index >= 15 is 0 Å². The monoisotopic (exact) mass is 382 g/mol. The van der Waals surface area contributed by atoms with E-state index in [1.165, 1.54) is 17.3 Å². The number of hydrogen-bond acceptors (Lipinski definition) is 5. The Balaban J connectivity index is 1.58. The molecule has 0 aliphatic carbocycles. The topological polar surface area (TPSA) is 69.0 Å². The van der Waals surface area contributed by atoms with Crippen LogP contribution in [0.2, 0.25) is 0 Å². The summed E-state index contributed by atoms with van der Waals surface area (Å²) in [6.07, 6.45) is 2.45. The molecule has 0 aliphatic rings. The molecule has 0 radical (unpaired) electrons.